The third kappa shape index (κ3) is 4.98. The summed E-state index contributed by atoms with van der Waals surface area (Å²) in [6.45, 7) is 1.77. The highest BCUT2D eigenvalue weighted by Gasteiger charge is 2.32. The van der Waals surface area contributed by atoms with Gasteiger partial charge in [-0.15, -0.1) is 0 Å². The van der Waals surface area contributed by atoms with Crippen LogP contribution in [0.4, 0.5) is 0 Å². The Balaban J connectivity index is 1.21. The molecule has 30 heavy (non-hydrogen) atoms. The van der Waals surface area contributed by atoms with Crippen LogP contribution in [0.2, 0.25) is 0 Å². The second kappa shape index (κ2) is 9.55. The first-order valence-corrected chi connectivity index (χ1v) is 10.8. The Kier molecular flexibility index (Phi) is 6.62. The maximum atomic E-state index is 12.7. The van der Waals surface area contributed by atoms with E-state index in [1.807, 2.05) is 18.2 Å². The zero-order valence-electron chi connectivity index (χ0n) is 17.4. The number of carbonyl (C=O) groups excluding carboxylic acids is 2. The average Bonchev–Trinajstić information content (AvgIpc) is 3.22. The molecule has 1 atom stereocenters. The number of likely N-dealkylation sites (tertiary alicyclic amines) is 1. The zero-order valence-corrected chi connectivity index (χ0v) is 17.4. The van der Waals surface area contributed by atoms with Crippen molar-refractivity contribution >= 4 is 11.8 Å². The summed E-state index contributed by atoms with van der Waals surface area (Å²) in [5.74, 6) is 2.29. The van der Waals surface area contributed by atoms with Crippen molar-refractivity contribution in [1.82, 2.24) is 10.2 Å². The van der Waals surface area contributed by atoms with Gasteiger partial charge in [-0.05, 0) is 44.2 Å². The minimum Gasteiger partial charge on any atom is -0.490 e. The van der Waals surface area contributed by atoms with Crippen LogP contribution in [0.25, 0.3) is 0 Å². The highest BCUT2D eigenvalue weighted by Crippen LogP contribution is 2.36. The number of piperidine rings is 1. The Bertz CT molecular complexity index is 762. The van der Waals surface area contributed by atoms with E-state index in [0.717, 1.165) is 42.9 Å². The van der Waals surface area contributed by atoms with Crippen molar-refractivity contribution in [2.75, 3.05) is 33.6 Å². The Labute approximate surface area is 176 Å². The van der Waals surface area contributed by atoms with Gasteiger partial charge in [-0.3, -0.25) is 9.59 Å². The van der Waals surface area contributed by atoms with Gasteiger partial charge >= 0.3 is 0 Å². The smallest absolute Gasteiger partial charge is 0.231 e. The number of nitrogens with zero attached hydrogens (tertiary/aromatic N) is 1. The molecule has 2 heterocycles. The lowest BCUT2D eigenvalue weighted by atomic mass is 9.91. The van der Waals surface area contributed by atoms with E-state index in [9.17, 15) is 9.59 Å². The third-order valence-electron chi connectivity index (χ3n) is 6.10. The van der Waals surface area contributed by atoms with Gasteiger partial charge in [-0.25, -0.2) is 0 Å². The molecule has 2 fully saturated rings. The fourth-order valence-electron chi connectivity index (χ4n) is 4.33. The van der Waals surface area contributed by atoms with Crippen LogP contribution in [0.5, 0.6) is 17.2 Å². The van der Waals surface area contributed by atoms with Crippen LogP contribution in [0.1, 0.15) is 38.5 Å². The molecule has 0 aromatic heterocycles. The number of carbonyl (C=O) groups is 2. The molecule has 0 radical (unpaired) electrons. The van der Waals surface area contributed by atoms with Crippen molar-refractivity contribution in [3.63, 3.8) is 0 Å². The van der Waals surface area contributed by atoms with E-state index in [1.54, 1.807) is 12.0 Å². The summed E-state index contributed by atoms with van der Waals surface area (Å²) in [5, 5.41) is 3.20. The first-order chi connectivity index (χ1) is 14.6. The van der Waals surface area contributed by atoms with Crippen LogP contribution >= 0.6 is 0 Å². The van der Waals surface area contributed by atoms with Gasteiger partial charge in [0.1, 0.15) is 5.75 Å². The first-order valence-electron chi connectivity index (χ1n) is 10.8. The second-order valence-electron chi connectivity index (χ2n) is 8.18. The van der Waals surface area contributed by atoms with Gasteiger partial charge in [0.15, 0.2) is 11.5 Å². The largest absolute Gasteiger partial charge is 0.490 e. The van der Waals surface area contributed by atoms with E-state index >= 15 is 0 Å². The zero-order chi connectivity index (χ0) is 20.9. The summed E-state index contributed by atoms with van der Waals surface area (Å²) >= 11 is 0. The standard InChI is InChI=1S/C22H30N2O6/c1-27-11-10-24-13-15(2-9-21(24)25)22(26)23-16-3-5-17(6-4-16)30-18-7-8-19-20(12-18)29-14-28-19/h7-8,12,15-17H,2-6,9-11,13-14H2,1H3,(H,23,26). The molecule has 1 saturated carbocycles. The molecule has 0 spiro atoms. The molecule has 2 amide bonds. The van der Waals surface area contributed by atoms with E-state index in [-0.39, 0.29) is 36.7 Å². The van der Waals surface area contributed by atoms with Crippen LogP contribution in [-0.2, 0) is 14.3 Å². The van der Waals surface area contributed by atoms with Crippen LogP contribution < -0.4 is 19.5 Å². The van der Waals surface area contributed by atoms with Gasteiger partial charge in [0.25, 0.3) is 0 Å². The van der Waals surface area contributed by atoms with Gasteiger partial charge in [-0.2, -0.15) is 0 Å². The average molecular weight is 418 g/mol. The van der Waals surface area contributed by atoms with E-state index in [4.69, 9.17) is 18.9 Å². The third-order valence-corrected chi connectivity index (χ3v) is 6.10. The van der Waals surface area contributed by atoms with Crippen LogP contribution in [0.15, 0.2) is 18.2 Å². The van der Waals surface area contributed by atoms with E-state index < -0.39 is 0 Å². The Morgan fingerprint density at radius 1 is 1.17 bits per heavy atom. The fourth-order valence-corrected chi connectivity index (χ4v) is 4.33. The van der Waals surface area contributed by atoms with Crippen LogP contribution in [0, 0.1) is 5.92 Å². The topological polar surface area (TPSA) is 86.3 Å². The number of methoxy groups -OCH3 is 1. The summed E-state index contributed by atoms with van der Waals surface area (Å²) in [6.07, 6.45) is 4.75. The predicted molar refractivity (Wildman–Crippen MR) is 109 cm³/mol. The minimum absolute atomic E-state index is 0.0602. The molecule has 1 unspecified atom stereocenters. The van der Waals surface area contributed by atoms with Crippen LogP contribution in [-0.4, -0.2) is 62.5 Å². The minimum atomic E-state index is -0.137. The molecule has 1 N–H and O–H groups in total. The Morgan fingerprint density at radius 3 is 2.77 bits per heavy atom. The Hall–Kier alpha value is -2.48. The number of rotatable bonds is 7. The molecular weight excluding hydrogens is 388 g/mol. The lowest BCUT2D eigenvalue weighted by Crippen LogP contribution is -2.49. The highest BCUT2D eigenvalue weighted by molar-refractivity contribution is 5.84. The molecule has 3 aliphatic rings. The SMILES string of the molecule is COCCN1CC(C(=O)NC2CCC(Oc3ccc4c(c3)OCO4)CC2)CCC1=O. The molecule has 8 heteroatoms. The number of hydrogen-bond donors (Lipinski definition) is 1. The number of fused-ring (bicyclic) bond motifs is 1. The number of hydrogen-bond acceptors (Lipinski definition) is 6. The molecule has 2 aliphatic heterocycles. The maximum absolute atomic E-state index is 12.7. The van der Waals surface area contributed by atoms with Crippen molar-refractivity contribution in [3.05, 3.63) is 18.2 Å². The number of benzene rings is 1. The second-order valence-corrected chi connectivity index (χ2v) is 8.18. The molecule has 1 aromatic carbocycles. The number of amides is 2. The summed E-state index contributed by atoms with van der Waals surface area (Å²) in [5.41, 5.74) is 0. The fraction of sp³-hybridized carbons (Fsp3) is 0.636. The number of ether oxygens (including phenoxy) is 4. The molecule has 0 bridgehead atoms. The highest BCUT2D eigenvalue weighted by atomic mass is 16.7. The van der Waals surface area contributed by atoms with Gasteiger partial charge in [0, 0.05) is 38.7 Å². The van der Waals surface area contributed by atoms with E-state index in [0.29, 0.717) is 32.5 Å². The van der Waals surface area contributed by atoms with Gasteiger partial charge in [-0.1, -0.05) is 0 Å². The van der Waals surface area contributed by atoms with Crippen molar-refractivity contribution in [1.29, 1.82) is 0 Å². The van der Waals surface area contributed by atoms with Gasteiger partial charge in [0.05, 0.1) is 18.6 Å². The molecular formula is C22H30N2O6. The van der Waals surface area contributed by atoms with Gasteiger partial charge < -0.3 is 29.2 Å². The first kappa shape index (κ1) is 20.8. The quantitative estimate of drug-likeness (QED) is 0.730. The molecule has 8 nitrogen and oxygen atoms in total. The number of nitrogens with one attached hydrogen (secondary N) is 1. The van der Waals surface area contributed by atoms with Crippen molar-refractivity contribution in [3.8, 4) is 17.2 Å². The summed E-state index contributed by atoms with van der Waals surface area (Å²) in [4.78, 5) is 26.5. The molecule has 1 aromatic rings. The van der Waals surface area contributed by atoms with E-state index in [1.165, 1.54) is 0 Å². The summed E-state index contributed by atoms with van der Waals surface area (Å²) in [7, 11) is 1.62. The van der Waals surface area contributed by atoms with Crippen molar-refractivity contribution in [2.45, 2.75) is 50.7 Å². The summed E-state index contributed by atoms with van der Waals surface area (Å²) < 4.78 is 21.9. The molecule has 4 rings (SSSR count). The van der Waals surface area contributed by atoms with Crippen LogP contribution in [0.3, 0.4) is 0 Å². The lowest BCUT2D eigenvalue weighted by Gasteiger charge is -2.34. The molecule has 1 aliphatic carbocycles. The lowest BCUT2D eigenvalue weighted by molar-refractivity contribution is -0.139. The Morgan fingerprint density at radius 2 is 1.97 bits per heavy atom. The maximum Gasteiger partial charge on any atom is 0.231 e. The predicted octanol–water partition coefficient (Wildman–Crippen LogP) is 2.11. The molecule has 164 valence electrons. The normalized spacial score (nSPS) is 25.8. The van der Waals surface area contributed by atoms with Crippen molar-refractivity contribution < 1.29 is 28.5 Å². The van der Waals surface area contributed by atoms with Gasteiger partial charge in [0.2, 0.25) is 18.6 Å². The van der Waals surface area contributed by atoms with Crippen molar-refractivity contribution in [2.24, 2.45) is 5.92 Å². The van der Waals surface area contributed by atoms with E-state index in [2.05, 4.69) is 5.32 Å². The monoisotopic (exact) mass is 418 g/mol. The summed E-state index contributed by atoms with van der Waals surface area (Å²) in [6, 6.07) is 5.81. The molecule has 1 saturated heterocycles.